The van der Waals surface area contributed by atoms with Crippen LogP contribution in [0.25, 0.3) is 11.4 Å². The van der Waals surface area contributed by atoms with Gasteiger partial charge in [0.15, 0.2) is 17.5 Å². The number of aromatic nitrogens is 3. The van der Waals surface area contributed by atoms with Crippen LogP contribution in [0.3, 0.4) is 0 Å². The Balaban J connectivity index is 1.85. The van der Waals surface area contributed by atoms with E-state index < -0.39 is 7.59 Å². The molecule has 0 saturated heterocycles. The van der Waals surface area contributed by atoms with E-state index in [0.29, 0.717) is 5.56 Å². The van der Waals surface area contributed by atoms with Crippen LogP contribution < -0.4 is 0 Å². The van der Waals surface area contributed by atoms with Crippen molar-refractivity contribution in [1.82, 2.24) is 15.0 Å². The number of hydrogen-bond acceptors (Lipinski definition) is 6. The molecule has 3 rings (SSSR count). The maximum atomic E-state index is 11.4. The Labute approximate surface area is 214 Å². The molecule has 12 heteroatoms. The van der Waals surface area contributed by atoms with E-state index in [0.717, 1.165) is 30.6 Å². The van der Waals surface area contributed by atoms with Crippen LogP contribution in [-0.4, -0.2) is 32.3 Å². The molecule has 0 amide bonds. The summed E-state index contributed by atoms with van der Waals surface area (Å²) in [4.78, 5) is 24.8. The van der Waals surface area contributed by atoms with Crippen LogP contribution in [0.2, 0.25) is 0 Å². The van der Waals surface area contributed by atoms with Gasteiger partial charge in [0, 0.05) is 22.6 Å². The number of alkyl halides is 6. The highest BCUT2D eigenvalue weighted by atomic mass is 35.6. The maximum absolute atomic E-state index is 11.4. The Morgan fingerprint density at radius 3 is 2.00 bits per heavy atom. The first-order valence-electron chi connectivity index (χ1n) is 9.28. The number of esters is 1. The summed E-state index contributed by atoms with van der Waals surface area (Å²) in [5.41, 5.74) is 0.637. The van der Waals surface area contributed by atoms with Crippen molar-refractivity contribution in [3.63, 3.8) is 0 Å². The smallest absolute Gasteiger partial charge is 0.302 e. The molecule has 1 aliphatic rings. The van der Waals surface area contributed by atoms with Crippen molar-refractivity contribution in [2.45, 2.75) is 56.4 Å². The summed E-state index contributed by atoms with van der Waals surface area (Å²) in [5.74, 6) is -0.329. The van der Waals surface area contributed by atoms with Crippen molar-refractivity contribution < 1.29 is 9.53 Å². The van der Waals surface area contributed by atoms with Gasteiger partial charge >= 0.3 is 5.97 Å². The van der Waals surface area contributed by atoms with E-state index in [9.17, 15) is 4.79 Å². The lowest BCUT2D eigenvalue weighted by molar-refractivity contribution is -0.147. The summed E-state index contributed by atoms with van der Waals surface area (Å²) in [5, 5.41) is 0.201. The number of ether oxygens (including phenoxy) is 1. The van der Waals surface area contributed by atoms with Crippen LogP contribution in [0.15, 0.2) is 29.2 Å². The van der Waals surface area contributed by atoms with Gasteiger partial charge in [-0.1, -0.05) is 88.2 Å². The predicted octanol–water partition coefficient (Wildman–Crippen LogP) is 7.16. The fourth-order valence-corrected chi connectivity index (χ4v) is 4.94. The van der Waals surface area contributed by atoms with Crippen molar-refractivity contribution in [3.05, 3.63) is 35.9 Å². The normalized spacial score (nSPS) is 19.8. The molecular weight excluding hydrogens is 547 g/mol. The molecule has 31 heavy (non-hydrogen) atoms. The third-order valence-electron chi connectivity index (χ3n) is 4.50. The summed E-state index contributed by atoms with van der Waals surface area (Å²) in [6.07, 6.45) is 3.94. The van der Waals surface area contributed by atoms with Gasteiger partial charge in [0.05, 0.1) is 0 Å². The van der Waals surface area contributed by atoms with Gasteiger partial charge in [-0.15, -0.1) is 11.8 Å². The highest BCUT2D eigenvalue weighted by Crippen LogP contribution is 2.41. The molecule has 1 heterocycles. The Kier molecular flexibility index (Phi) is 8.50. The molecule has 0 N–H and O–H groups in total. The van der Waals surface area contributed by atoms with Crippen LogP contribution in [0.4, 0.5) is 0 Å². The minimum atomic E-state index is -1.91. The first-order valence-corrected chi connectivity index (χ1v) is 12.4. The van der Waals surface area contributed by atoms with Crippen LogP contribution in [-0.2, 0) is 17.1 Å². The Bertz CT molecular complexity index is 901. The predicted molar refractivity (Wildman–Crippen MR) is 127 cm³/mol. The fraction of sp³-hybridized carbons (Fsp3) is 0.474. The highest BCUT2D eigenvalue weighted by Gasteiger charge is 2.34. The molecule has 1 aromatic carbocycles. The third-order valence-corrected chi connectivity index (χ3v) is 6.90. The van der Waals surface area contributed by atoms with Crippen molar-refractivity contribution in [3.8, 4) is 11.4 Å². The largest absolute Gasteiger partial charge is 0.461 e. The van der Waals surface area contributed by atoms with Gasteiger partial charge in [0.25, 0.3) is 0 Å². The number of benzene rings is 1. The van der Waals surface area contributed by atoms with Crippen LogP contribution in [0, 0.1) is 0 Å². The van der Waals surface area contributed by atoms with Crippen molar-refractivity contribution >= 4 is 87.3 Å². The van der Waals surface area contributed by atoms with E-state index in [2.05, 4.69) is 15.0 Å². The first-order chi connectivity index (χ1) is 14.4. The molecule has 1 aromatic heterocycles. The Morgan fingerprint density at radius 2 is 1.48 bits per heavy atom. The molecule has 0 radical (unpaired) electrons. The molecule has 168 valence electrons. The van der Waals surface area contributed by atoms with E-state index >= 15 is 0 Å². The summed E-state index contributed by atoms with van der Waals surface area (Å²) in [7, 11) is 0. The van der Waals surface area contributed by atoms with Crippen molar-refractivity contribution in [2.75, 3.05) is 0 Å². The van der Waals surface area contributed by atoms with Gasteiger partial charge in [-0.05, 0) is 31.4 Å². The molecule has 1 fully saturated rings. The minimum Gasteiger partial charge on any atom is -0.461 e. The number of hydrogen-bond donors (Lipinski definition) is 0. The van der Waals surface area contributed by atoms with Gasteiger partial charge < -0.3 is 4.74 Å². The Hall–Kier alpha value is -0.210. The van der Waals surface area contributed by atoms with Crippen LogP contribution >= 0.6 is 81.4 Å². The van der Waals surface area contributed by atoms with Gasteiger partial charge in [-0.3, -0.25) is 4.79 Å². The average Bonchev–Trinajstić information content (AvgIpc) is 2.68. The van der Waals surface area contributed by atoms with E-state index in [4.69, 9.17) is 74.3 Å². The molecular formula is C19H17Cl6N3O2S. The minimum absolute atomic E-state index is 0.0851. The monoisotopic (exact) mass is 561 g/mol. The number of carbonyl (C=O) groups is 1. The summed E-state index contributed by atoms with van der Waals surface area (Å²) in [6.45, 7) is 1.44. The van der Waals surface area contributed by atoms with Gasteiger partial charge in [-0.2, -0.15) is 0 Å². The molecule has 2 aromatic rings. The molecule has 0 spiro atoms. The van der Waals surface area contributed by atoms with Crippen molar-refractivity contribution in [2.24, 2.45) is 0 Å². The zero-order valence-corrected chi connectivity index (χ0v) is 21.5. The van der Waals surface area contributed by atoms with Crippen LogP contribution in [0.5, 0.6) is 0 Å². The van der Waals surface area contributed by atoms with Gasteiger partial charge in [0.2, 0.25) is 7.59 Å². The lowest BCUT2D eigenvalue weighted by Gasteiger charge is -2.30. The second-order valence-corrected chi connectivity index (χ2v) is 12.8. The number of rotatable bonds is 4. The average molecular weight is 564 g/mol. The standard InChI is InChI=1S/C19H17Cl6N3O2S/c1-10(29)30-13-4-2-3-5-14(13)31-12-8-6-11(7-9-12)15-26-16(18(20,21)22)28-17(27-15)19(23,24)25/h6-9,13-14H,2-5H2,1H3. The number of nitrogens with zero attached hydrogens (tertiary/aromatic N) is 3. The second kappa shape index (κ2) is 10.4. The molecule has 0 bridgehead atoms. The molecule has 5 nitrogen and oxygen atoms in total. The SMILES string of the molecule is CC(=O)OC1CCCCC1Sc1ccc(-c2nc(C(Cl)(Cl)Cl)nc(C(Cl)(Cl)Cl)n2)cc1. The zero-order chi connectivity index (χ0) is 22.8. The topological polar surface area (TPSA) is 65.0 Å². The summed E-state index contributed by atoms with van der Waals surface area (Å²) >= 11 is 37.3. The lowest BCUT2D eigenvalue weighted by Crippen LogP contribution is -2.31. The summed E-state index contributed by atoms with van der Waals surface area (Å²) < 4.78 is 1.67. The zero-order valence-electron chi connectivity index (χ0n) is 16.1. The van der Waals surface area contributed by atoms with Gasteiger partial charge in [0.1, 0.15) is 6.10 Å². The molecule has 1 aliphatic carbocycles. The summed E-state index contributed by atoms with van der Waals surface area (Å²) in [6, 6.07) is 7.50. The fourth-order valence-electron chi connectivity index (χ4n) is 3.16. The van der Waals surface area contributed by atoms with E-state index in [1.54, 1.807) is 11.8 Å². The quantitative estimate of drug-likeness (QED) is 0.290. The second-order valence-electron chi connectivity index (χ2n) is 6.91. The third kappa shape index (κ3) is 7.13. The number of halogens is 6. The first kappa shape index (κ1) is 25.4. The highest BCUT2D eigenvalue weighted by molar-refractivity contribution is 8.00. The molecule has 2 unspecified atom stereocenters. The van der Waals surface area contributed by atoms with E-state index in [1.165, 1.54) is 6.92 Å². The molecule has 1 saturated carbocycles. The maximum Gasteiger partial charge on any atom is 0.302 e. The van der Waals surface area contributed by atoms with Crippen LogP contribution in [0.1, 0.15) is 44.3 Å². The number of carbonyl (C=O) groups excluding carboxylic acids is 1. The number of thioether (sulfide) groups is 1. The molecule has 2 atom stereocenters. The van der Waals surface area contributed by atoms with Crippen molar-refractivity contribution in [1.29, 1.82) is 0 Å². The molecule has 0 aliphatic heterocycles. The van der Waals surface area contributed by atoms with Gasteiger partial charge in [-0.25, -0.2) is 15.0 Å². The van der Waals surface area contributed by atoms with E-state index in [-0.39, 0.29) is 34.8 Å². The lowest BCUT2D eigenvalue weighted by atomic mass is 9.97. The van der Waals surface area contributed by atoms with E-state index in [1.807, 2.05) is 24.3 Å². The Morgan fingerprint density at radius 1 is 0.935 bits per heavy atom.